The lowest BCUT2D eigenvalue weighted by molar-refractivity contribution is -0.128. The topological polar surface area (TPSA) is 99.5 Å². The molecule has 0 spiro atoms. The summed E-state index contributed by atoms with van der Waals surface area (Å²) in [6.07, 6.45) is 0. The largest absolute Gasteiger partial charge is 0.360 e. The predicted octanol–water partition coefficient (Wildman–Crippen LogP) is -1.06. The summed E-state index contributed by atoms with van der Waals surface area (Å²) in [4.78, 5) is 25.6. The Balaban J connectivity index is 1.92. The van der Waals surface area contributed by atoms with Crippen molar-refractivity contribution in [3.8, 4) is 0 Å². The van der Waals surface area contributed by atoms with E-state index >= 15 is 0 Å². The predicted molar refractivity (Wildman–Crippen MR) is 72.2 cm³/mol. The minimum Gasteiger partial charge on any atom is -0.360 e. The molecule has 1 atom stereocenters. The molecule has 0 aromatic carbocycles. The summed E-state index contributed by atoms with van der Waals surface area (Å²) in [6.45, 7) is 3.83. The fourth-order valence-electron chi connectivity index (χ4n) is 2.15. The van der Waals surface area contributed by atoms with E-state index in [1.807, 2.05) is 4.90 Å². The highest BCUT2D eigenvalue weighted by Crippen LogP contribution is 2.08. The zero-order chi connectivity index (χ0) is 14.5. The van der Waals surface area contributed by atoms with E-state index in [0.717, 1.165) is 6.54 Å². The second-order valence-electron chi connectivity index (χ2n) is 4.68. The number of likely N-dealkylation sites (N-methyl/N-ethyl adjacent to an activating group) is 1. The second-order valence-corrected chi connectivity index (χ2v) is 4.68. The highest BCUT2D eigenvalue weighted by atomic mass is 16.5. The maximum Gasteiger partial charge on any atom is 0.239 e. The van der Waals surface area contributed by atoms with Crippen LogP contribution in [0.4, 0.5) is 5.82 Å². The number of hydrogen-bond donors (Lipinski definition) is 3. The first-order valence-electron chi connectivity index (χ1n) is 6.49. The van der Waals surface area contributed by atoms with Crippen molar-refractivity contribution in [2.45, 2.75) is 13.0 Å². The van der Waals surface area contributed by atoms with Crippen molar-refractivity contribution in [3.63, 3.8) is 0 Å². The Morgan fingerprint density at radius 3 is 3.05 bits per heavy atom. The van der Waals surface area contributed by atoms with Gasteiger partial charge in [0.05, 0.1) is 6.54 Å². The van der Waals surface area contributed by atoms with Gasteiger partial charge in [0.1, 0.15) is 11.8 Å². The average molecular weight is 281 g/mol. The van der Waals surface area contributed by atoms with Gasteiger partial charge in [-0.3, -0.25) is 14.5 Å². The van der Waals surface area contributed by atoms with Crippen LogP contribution in [0.1, 0.15) is 5.76 Å². The molecule has 8 heteroatoms. The van der Waals surface area contributed by atoms with Crippen molar-refractivity contribution < 1.29 is 14.1 Å². The molecule has 0 bridgehead atoms. The van der Waals surface area contributed by atoms with Crippen LogP contribution in [0.25, 0.3) is 0 Å². The van der Waals surface area contributed by atoms with Crippen LogP contribution in [0.2, 0.25) is 0 Å². The molecule has 1 aliphatic heterocycles. The number of nitrogens with zero attached hydrogens (tertiary/aromatic N) is 2. The van der Waals surface area contributed by atoms with Crippen LogP contribution in [-0.2, 0) is 9.59 Å². The fourth-order valence-corrected chi connectivity index (χ4v) is 2.15. The van der Waals surface area contributed by atoms with Gasteiger partial charge in [-0.2, -0.15) is 0 Å². The molecule has 1 aromatic heterocycles. The van der Waals surface area contributed by atoms with E-state index in [9.17, 15) is 9.59 Å². The van der Waals surface area contributed by atoms with Crippen LogP contribution in [0, 0.1) is 6.92 Å². The molecule has 1 fully saturated rings. The van der Waals surface area contributed by atoms with Crippen LogP contribution in [0.3, 0.4) is 0 Å². The molecule has 1 aliphatic rings. The third-order valence-electron chi connectivity index (χ3n) is 3.15. The van der Waals surface area contributed by atoms with Gasteiger partial charge in [-0.05, 0) is 6.92 Å². The number of carbonyl (C=O) groups excluding carboxylic acids is 2. The zero-order valence-electron chi connectivity index (χ0n) is 11.6. The van der Waals surface area contributed by atoms with Crippen LogP contribution in [0.15, 0.2) is 10.6 Å². The highest BCUT2D eigenvalue weighted by Gasteiger charge is 2.29. The normalized spacial score (nSPS) is 19.6. The molecular formula is C12H19N5O3. The lowest BCUT2D eigenvalue weighted by Gasteiger charge is -2.34. The lowest BCUT2D eigenvalue weighted by Crippen LogP contribution is -2.58. The Morgan fingerprint density at radius 1 is 1.60 bits per heavy atom. The van der Waals surface area contributed by atoms with E-state index < -0.39 is 0 Å². The Labute approximate surface area is 116 Å². The quantitative estimate of drug-likeness (QED) is 0.650. The fraction of sp³-hybridized carbons (Fsp3) is 0.583. The average Bonchev–Trinajstić information content (AvgIpc) is 2.83. The van der Waals surface area contributed by atoms with Crippen molar-refractivity contribution in [1.29, 1.82) is 0 Å². The molecule has 20 heavy (non-hydrogen) atoms. The Hall–Kier alpha value is -1.93. The summed E-state index contributed by atoms with van der Waals surface area (Å²) in [5.41, 5.74) is 0. The van der Waals surface area contributed by atoms with Gasteiger partial charge in [-0.25, -0.2) is 0 Å². The molecule has 1 aromatic rings. The Kier molecular flexibility index (Phi) is 4.70. The Bertz CT molecular complexity index is 487. The molecule has 2 heterocycles. The zero-order valence-corrected chi connectivity index (χ0v) is 11.6. The molecule has 3 N–H and O–H groups in total. The molecule has 2 rings (SSSR count). The summed E-state index contributed by atoms with van der Waals surface area (Å²) in [5.74, 6) is 0.709. The Morgan fingerprint density at radius 2 is 2.40 bits per heavy atom. The van der Waals surface area contributed by atoms with E-state index in [4.69, 9.17) is 4.52 Å². The van der Waals surface area contributed by atoms with Crippen LogP contribution in [-0.4, -0.2) is 61.1 Å². The summed E-state index contributed by atoms with van der Waals surface area (Å²) in [6, 6.07) is 1.31. The molecule has 0 saturated carbocycles. The molecule has 1 saturated heterocycles. The van der Waals surface area contributed by atoms with E-state index in [-0.39, 0.29) is 24.4 Å². The monoisotopic (exact) mass is 281 g/mol. The smallest absolute Gasteiger partial charge is 0.239 e. The molecule has 2 amide bonds. The third-order valence-corrected chi connectivity index (χ3v) is 3.15. The molecular weight excluding hydrogens is 262 g/mol. The number of amides is 2. The van der Waals surface area contributed by atoms with Gasteiger partial charge >= 0.3 is 0 Å². The summed E-state index contributed by atoms with van der Waals surface area (Å²) >= 11 is 0. The van der Waals surface area contributed by atoms with Gasteiger partial charge in [0.2, 0.25) is 11.8 Å². The maximum atomic E-state index is 12.0. The van der Waals surface area contributed by atoms with Crippen molar-refractivity contribution >= 4 is 17.6 Å². The van der Waals surface area contributed by atoms with Crippen LogP contribution >= 0.6 is 0 Å². The molecule has 110 valence electrons. The number of carbonyl (C=O) groups is 2. The third kappa shape index (κ3) is 3.55. The number of rotatable bonds is 4. The first kappa shape index (κ1) is 14.5. The van der Waals surface area contributed by atoms with E-state index in [0.29, 0.717) is 24.7 Å². The van der Waals surface area contributed by atoms with Gasteiger partial charge in [0, 0.05) is 32.7 Å². The van der Waals surface area contributed by atoms with Gasteiger partial charge in [0.25, 0.3) is 0 Å². The minimum atomic E-state index is -0.335. The summed E-state index contributed by atoms with van der Waals surface area (Å²) in [7, 11) is 1.59. The van der Waals surface area contributed by atoms with Gasteiger partial charge < -0.3 is 20.5 Å². The summed E-state index contributed by atoms with van der Waals surface area (Å²) < 4.78 is 4.88. The number of aryl methyl sites for hydroxylation is 1. The maximum absolute atomic E-state index is 12.0. The van der Waals surface area contributed by atoms with Gasteiger partial charge in [-0.15, -0.1) is 0 Å². The van der Waals surface area contributed by atoms with Crippen molar-refractivity contribution in [2.24, 2.45) is 0 Å². The first-order valence-corrected chi connectivity index (χ1v) is 6.49. The molecule has 8 nitrogen and oxygen atoms in total. The lowest BCUT2D eigenvalue weighted by atomic mass is 10.1. The van der Waals surface area contributed by atoms with Gasteiger partial charge in [-0.1, -0.05) is 5.16 Å². The van der Waals surface area contributed by atoms with Crippen LogP contribution < -0.4 is 16.0 Å². The van der Waals surface area contributed by atoms with Crippen molar-refractivity contribution in [2.75, 3.05) is 38.5 Å². The van der Waals surface area contributed by atoms with E-state index in [1.54, 1.807) is 20.0 Å². The molecule has 1 unspecified atom stereocenters. The van der Waals surface area contributed by atoms with Crippen molar-refractivity contribution in [1.82, 2.24) is 20.7 Å². The van der Waals surface area contributed by atoms with E-state index in [2.05, 4.69) is 21.1 Å². The number of aromatic nitrogens is 1. The van der Waals surface area contributed by atoms with Crippen LogP contribution in [0.5, 0.6) is 0 Å². The van der Waals surface area contributed by atoms with Crippen molar-refractivity contribution in [3.05, 3.63) is 11.8 Å². The highest BCUT2D eigenvalue weighted by molar-refractivity contribution is 5.92. The number of anilines is 1. The standard InChI is InChI=1S/C12H19N5O3/c1-8-5-10(16-20-8)15-11(18)7-17-4-3-14-6-9(17)12(19)13-2/h5,9,14H,3-4,6-7H2,1-2H3,(H,13,19)(H,15,16,18). The second kappa shape index (κ2) is 6.49. The number of hydrogen-bond acceptors (Lipinski definition) is 6. The molecule has 0 aliphatic carbocycles. The van der Waals surface area contributed by atoms with Gasteiger partial charge in [0.15, 0.2) is 5.82 Å². The number of piperazine rings is 1. The summed E-state index contributed by atoms with van der Waals surface area (Å²) in [5, 5.41) is 12.1. The number of nitrogens with one attached hydrogen (secondary N) is 3. The first-order chi connectivity index (χ1) is 9.60. The minimum absolute atomic E-state index is 0.0951. The van der Waals surface area contributed by atoms with E-state index in [1.165, 1.54) is 0 Å². The SMILES string of the molecule is CNC(=O)C1CNCCN1CC(=O)Nc1cc(C)on1. The molecule has 0 radical (unpaired) electrons.